The molecule has 1 aliphatic heterocycles. The van der Waals surface area contributed by atoms with Crippen molar-refractivity contribution in [1.29, 1.82) is 0 Å². The summed E-state index contributed by atoms with van der Waals surface area (Å²) < 4.78 is 21.3. The molecule has 218 valence electrons. The third-order valence-corrected chi connectivity index (χ3v) is 10.6. The minimum atomic E-state index is -2.65. The van der Waals surface area contributed by atoms with Gasteiger partial charge in [-0.25, -0.2) is 4.79 Å². The fraction of sp³-hybridized carbons (Fsp3) is 0.655. The molecule has 1 aromatic heterocycles. The molecule has 0 spiro atoms. The van der Waals surface area contributed by atoms with Crippen LogP contribution in [0, 0.1) is 28.1 Å². The van der Waals surface area contributed by atoms with Crippen LogP contribution in [0.3, 0.4) is 0 Å². The number of cyclic esters (lactones) is 1. The number of ether oxygens (including phenoxy) is 3. The lowest BCUT2D eigenvalue weighted by Gasteiger charge is -2.60. The van der Waals surface area contributed by atoms with E-state index in [0.717, 1.165) is 13.0 Å². The highest BCUT2D eigenvalue weighted by molar-refractivity contribution is 5.97. The Morgan fingerprint density at radius 3 is 2.40 bits per heavy atom. The number of fused-ring (bicyclic) bond motifs is 5. The zero-order chi connectivity index (χ0) is 29.6. The van der Waals surface area contributed by atoms with Crippen molar-refractivity contribution in [2.75, 3.05) is 7.11 Å². The molecular formula is C29H36O11. The third kappa shape index (κ3) is 3.28. The largest absolute Gasteiger partial charge is 0.472 e. The topological polar surface area (TPSA) is 170 Å². The summed E-state index contributed by atoms with van der Waals surface area (Å²) in [6.45, 7) is 7.79. The van der Waals surface area contributed by atoms with Gasteiger partial charge in [-0.2, -0.15) is 0 Å². The van der Waals surface area contributed by atoms with Gasteiger partial charge >= 0.3 is 17.9 Å². The zero-order valence-corrected chi connectivity index (χ0v) is 23.4. The van der Waals surface area contributed by atoms with E-state index in [2.05, 4.69) is 0 Å². The van der Waals surface area contributed by atoms with Gasteiger partial charge in [0.1, 0.15) is 17.8 Å². The number of hydrogen-bond acceptors (Lipinski definition) is 11. The molecule has 9 atom stereocenters. The number of aliphatic hydroxyl groups is 3. The number of aliphatic hydroxyl groups excluding tert-OH is 1. The quantitative estimate of drug-likeness (QED) is 0.362. The van der Waals surface area contributed by atoms with Gasteiger partial charge in [0.25, 0.3) is 0 Å². The van der Waals surface area contributed by atoms with Gasteiger partial charge in [0.05, 0.1) is 19.6 Å². The minimum absolute atomic E-state index is 0.127. The Bertz CT molecular complexity index is 1300. The van der Waals surface area contributed by atoms with Crippen molar-refractivity contribution in [3.8, 4) is 0 Å². The lowest BCUT2D eigenvalue weighted by molar-refractivity contribution is -0.230. The third-order valence-electron chi connectivity index (χ3n) is 10.6. The Balaban J connectivity index is 1.74. The van der Waals surface area contributed by atoms with Crippen LogP contribution in [0.1, 0.15) is 65.5 Å². The van der Waals surface area contributed by atoms with Gasteiger partial charge in [-0.1, -0.05) is 27.7 Å². The van der Waals surface area contributed by atoms with E-state index in [-0.39, 0.29) is 18.4 Å². The molecule has 11 nitrogen and oxygen atoms in total. The number of rotatable bonds is 4. The predicted octanol–water partition coefficient (Wildman–Crippen LogP) is 1.78. The number of esters is 3. The number of carbonyl (C=O) groups excluding carboxylic acids is 4. The molecule has 0 bridgehead atoms. The van der Waals surface area contributed by atoms with E-state index >= 15 is 0 Å². The van der Waals surface area contributed by atoms with E-state index < -0.39 is 81.3 Å². The van der Waals surface area contributed by atoms with Crippen molar-refractivity contribution >= 4 is 23.7 Å². The summed E-state index contributed by atoms with van der Waals surface area (Å²) in [6.07, 6.45) is -0.276. The maximum Gasteiger partial charge on any atom is 0.331 e. The fourth-order valence-corrected chi connectivity index (χ4v) is 8.73. The molecule has 40 heavy (non-hydrogen) atoms. The standard InChI is InChI=1S/C29H36O11/c1-14(30)39-23-21(33)29(36)24(34)28(35)16(27(29,5)17(25(23,2)3)11-19(31)37-6)7-9-26(4)18(28)12-20(32)40-22(26)15-8-10-38-13-15/h8,10,12-13,16-17,22-24,34-36H,7,9,11H2,1-6H3/t16-,17+,22+,23-,24+,26-,27-,28-,29+/m1/s1. The first kappa shape index (κ1) is 28.5. The molecule has 2 heterocycles. The molecule has 3 saturated carbocycles. The molecule has 0 unspecified atom stereocenters. The average molecular weight is 561 g/mol. The summed E-state index contributed by atoms with van der Waals surface area (Å²) in [7, 11) is 1.21. The van der Waals surface area contributed by atoms with Crippen LogP contribution < -0.4 is 0 Å². The summed E-state index contributed by atoms with van der Waals surface area (Å²) in [5.41, 5.74) is -8.11. The second-order valence-electron chi connectivity index (χ2n) is 12.7. The number of hydrogen-bond donors (Lipinski definition) is 3. The van der Waals surface area contributed by atoms with Crippen LogP contribution in [0.5, 0.6) is 0 Å². The predicted molar refractivity (Wildman–Crippen MR) is 135 cm³/mol. The Hall–Kier alpha value is -3.02. The highest BCUT2D eigenvalue weighted by Crippen LogP contribution is 2.74. The van der Waals surface area contributed by atoms with Gasteiger partial charge < -0.3 is 33.9 Å². The molecule has 3 aliphatic carbocycles. The fourth-order valence-electron chi connectivity index (χ4n) is 8.73. The Morgan fingerprint density at radius 2 is 1.82 bits per heavy atom. The Morgan fingerprint density at radius 1 is 1.15 bits per heavy atom. The van der Waals surface area contributed by atoms with Gasteiger partial charge in [-0.15, -0.1) is 0 Å². The molecule has 0 radical (unpaired) electrons. The summed E-state index contributed by atoms with van der Waals surface area (Å²) in [4.78, 5) is 51.9. The molecule has 11 heteroatoms. The van der Waals surface area contributed by atoms with Gasteiger partial charge in [-0.3, -0.25) is 14.4 Å². The number of ketones is 1. The van der Waals surface area contributed by atoms with Crippen molar-refractivity contribution in [2.24, 2.45) is 28.1 Å². The van der Waals surface area contributed by atoms with E-state index in [1.54, 1.807) is 33.8 Å². The summed E-state index contributed by atoms with van der Waals surface area (Å²) in [5, 5.41) is 37.0. The van der Waals surface area contributed by atoms with Gasteiger partial charge in [0.2, 0.25) is 5.78 Å². The number of Topliss-reactive ketones (excluding diaryl/α,β-unsaturated/α-hetero) is 1. The van der Waals surface area contributed by atoms with Crippen molar-refractivity contribution in [2.45, 2.75) is 83.4 Å². The molecule has 5 rings (SSSR count). The molecule has 4 aliphatic rings. The highest BCUT2D eigenvalue weighted by atomic mass is 16.6. The van der Waals surface area contributed by atoms with E-state index in [1.165, 1.54) is 19.6 Å². The number of furan rings is 1. The van der Waals surface area contributed by atoms with Crippen molar-refractivity contribution in [1.82, 2.24) is 0 Å². The molecule has 0 amide bonds. The Kier molecular flexibility index (Phi) is 6.23. The van der Waals surface area contributed by atoms with Crippen LogP contribution in [-0.2, 0) is 33.4 Å². The maximum atomic E-state index is 14.2. The van der Waals surface area contributed by atoms with E-state index in [4.69, 9.17) is 18.6 Å². The molecule has 0 saturated heterocycles. The normalized spacial score (nSPS) is 43.5. The van der Waals surface area contributed by atoms with E-state index in [1.807, 2.05) is 0 Å². The lowest BCUT2D eigenvalue weighted by atomic mass is 9.45. The summed E-state index contributed by atoms with van der Waals surface area (Å²) >= 11 is 0. The van der Waals surface area contributed by atoms with Crippen LogP contribution in [0.2, 0.25) is 0 Å². The van der Waals surface area contributed by atoms with Crippen LogP contribution in [0.25, 0.3) is 0 Å². The number of methoxy groups -OCH3 is 1. The average Bonchev–Trinajstić information content (AvgIpc) is 3.46. The maximum absolute atomic E-state index is 14.2. The monoisotopic (exact) mass is 560 g/mol. The van der Waals surface area contributed by atoms with Gasteiger partial charge in [-0.05, 0) is 30.4 Å². The van der Waals surface area contributed by atoms with Gasteiger partial charge in [0, 0.05) is 47.1 Å². The van der Waals surface area contributed by atoms with Crippen LogP contribution in [-0.4, -0.2) is 69.5 Å². The minimum Gasteiger partial charge on any atom is -0.472 e. The Labute approximate surface area is 231 Å². The summed E-state index contributed by atoms with van der Waals surface area (Å²) in [6, 6.07) is 1.64. The molecular weight excluding hydrogens is 524 g/mol. The summed E-state index contributed by atoms with van der Waals surface area (Å²) in [5.74, 6) is -5.04. The smallest absolute Gasteiger partial charge is 0.331 e. The van der Waals surface area contributed by atoms with Crippen LogP contribution in [0.4, 0.5) is 0 Å². The second kappa shape index (κ2) is 8.74. The van der Waals surface area contributed by atoms with Crippen molar-refractivity contribution in [3.05, 3.63) is 35.8 Å². The first-order valence-corrected chi connectivity index (χ1v) is 13.4. The van der Waals surface area contributed by atoms with Crippen LogP contribution in [0.15, 0.2) is 34.7 Å². The van der Waals surface area contributed by atoms with Crippen molar-refractivity contribution < 1.29 is 53.1 Å². The molecule has 1 aromatic rings. The number of carbonyl (C=O) groups is 4. The lowest BCUT2D eigenvalue weighted by Crippen LogP contribution is -2.72. The van der Waals surface area contributed by atoms with E-state index in [0.29, 0.717) is 12.0 Å². The molecule has 3 N–H and O–H groups in total. The van der Waals surface area contributed by atoms with Gasteiger partial charge in [0.15, 0.2) is 11.7 Å². The van der Waals surface area contributed by atoms with Crippen molar-refractivity contribution in [3.63, 3.8) is 0 Å². The first-order valence-electron chi connectivity index (χ1n) is 13.4. The van der Waals surface area contributed by atoms with Crippen LogP contribution >= 0.6 is 0 Å². The van der Waals surface area contributed by atoms with E-state index in [9.17, 15) is 34.5 Å². The highest BCUT2D eigenvalue weighted by Gasteiger charge is 2.84. The SMILES string of the molecule is COC(=O)C[C@H]1C(C)(C)[C@H](OC(C)=O)C(=O)[C@]2(O)[C@@H](O)[C@]3(O)C4=CC(=O)O[C@@H](c5ccoc5)[C@]4(C)CC[C@@H]3[C@]12C. The molecule has 3 fully saturated rings. The zero-order valence-electron chi connectivity index (χ0n) is 23.4. The second-order valence-corrected chi connectivity index (χ2v) is 12.7. The molecule has 0 aromatic carbocycles. The first-order chi connectivity index (χ1) is 18.5.